The average molecular weight is 508 g/mol. The molecule has 184 valence electrons. The Morgan fingerprint density at radius 2 is 1.83 bits per heavy atom. The second-order valence-corrected chi connectivity index (χ2v) is 8.50. The van der Waals surface area contributed by atoms with E-state index in [1.54, 1.807) is 6.07 Å². The van der Waals surface area contributed by atoms with Gasteiger partial charge in [0.25, 0.3) is 5.69 Å². The highest BCUT2D eigenvalue weighted by Gasteiger charge is 2.31. The van der Waals surface area contributed by atoms with Crippen LogP contribution in [0.3, 0.4) is 0 Å². The van der Waals surface area contributed by atoms with Gasteiger partial charge < -0.3 is 15.4 Å². The molecule has 0 aliphatic heterocycles. The Kier molecular flexibility index (Phi) is 7.25. The van der Waals surface area contributed by atoms with E-state index in [0.717, 1.165) is 32.1 Å². The molecule has 1 heterocycles. The van der Waals surface area contributed by atoms with E-state index >= 15 is 0 Å². The van der Waals surface area contributed by atoms with Crippen molar-refractivity contribution in [1.82, 2.24) is 9.97 Å². The first-order valence-electron chi connectivity index (χ1n) is 10.9. The van der Waals surface area contributed by atoms with Crippen LogP contribution < -0.4 is 15.4 Å². The molecule has 35 heavy (non-hydrogen) atoms. The number of nitrogens with zero attached hydrogens (tertiary/aromatic N) is 3. The summed E-state index contributed by atoms with van der Waals surface area (Å²) in [5.41, 5.74) is 0.560. The first-order valence-corrected chi connectivity index (χ1v) is 11.3. The van der Waals surface area contributed by atoms with Gasteiger partial charge in [-0.1, -0.05) is 43.0 Å². The van der Waals surface area contributed by atoms with Crippen molar-refractivity contribution in [2.24, 2.45) is 0 Å². The molecular formula is C23H21ClF3N5O3. The molecule has 1 saturated carbocycles. The van der Waals surface area contributed by atoms with Crippen LogP contribution in [0, 0.1) is 10.1 Å². The Hall–Kier alpha value is -3.60. The van der Waals surface area contributed by atoms with Crippen molar-refractivity contribution in [2.75, 3.05) is 10.6 Å². The lowest BCUT2D eigenvalue weighted by Gasteiger charge is -2.23. The molecule has 0 saturated heterocycles. The number of rotatable bonds is 7. The standard InChI is InChI=1S/C23H21ClF3N5O3/c24-15-9-10-20(32(33)34)19(12-15)29-21-13-18(14-5-4-8-17(11-14)35-23(25,26)27)30-22(31-21)28-16-6-2-1-3-7-16/h4-5,8-13,16H,1-3,6-7H2,(H2,28,29,30,31). The Morgan fingerprint density at radius 3 is 2.54 bits per heavy atom. The van der Waals surface area contributed by atoms with Crippen molar-refractivity contribution < 1.29 is 22.8 Å². The molecule has 0 atom stereocenters. The van der Waals surface area contributed by atoms with Gasteiger partial charge in [0, 0.05) is 28.8 Å². The van der Waals surface area contributed by atoms with E-state index in [4.69, 9.17) is 11.6 Å². The highest BCUT2D eigenvalue weighted by Crippen LogP contribution is 2.33. The van der Waals surface area contributed by atoms with Crippen LogP contribution in [0.1, 0.15) is 32.1 Å². The molecule has 2 N–H and O–H groups in total. The van der Waals surface area contributed by atoms with Crippen LogP contribution in [0.15, 0.2) is 48.5 Å². The lowest BCUT2D eigenvalue weighted by molar-refractivity contribution is -0.383. The van der Waals surface area contributed by atoms with Crippen molar-refractivity contribution in [3.63, 3.8) is 0 Å². The van der Waals surface area contributed by atoms with Crippen molar-refractivity contribution in [3.05, 3.63) is 63.7 Å². The predicted molar refractivity (Wildman–Crippen MR) is 126 cm³/mol. The summed E-state index contributed by atoms with van der Waals surface area (Å²) in [6.45, 7) is 0. The number of nitro groups is 1. The van der Waals surface area contributed by atoms with Gasteiger partial charge in [0.15, 0.2) is 0 Å². The lowest BCUT2D eigenvalue weighted by atomic mass is 9.96. The number of halogens is 4. The number of aromatic nitrogens is 2. The third-order valence-corrected chi connectivity index (χ3v) is 5.68. The third-order valence-electron chi connectivity index (χ3n) is 5.45. The second kappa shape index (κ2) is 10.3. The van der Waals surface area contributed by atoms with Gasteiger partial charge in [0.05, 0.1) is 10.6 Å². The maximum Gasteiger partial charge on any atom is 0.573 e. The van der Waals surface area contributed by atoms with E-state index in [1.165, 1.54) is 42.5 Å². The molecule has 0 bridgehead atoms. The SMILES string of the molecule is O=[N+]([O-])c1ccc(Cl)cc1Nc1cc(-c2cccc(OC(F)(F)F)c2)nc(NC2CCCCC2)n1. The summed E-state index contributed by atoms with van der Waals surface area (Å²) in [6.07, 6.45) is 0.310. The molecule has 4 rings (SSSR count). The summed E-state index contributed by atoms with van der Waals surface area (Å²) >= 11 is 6.03. The van der Waals surface area contributed by atoms with Crippen LogP contribution in [-0.4, -0.2) is 27.3 Å². The minimum atomic E-state index is -4.84. The number of ether oxygens (including phenoxy) is 1. The minimum absolute atomic E-state index is 0.116. The summed E-state index contributed by atoms with van der Waals surface area (Å²) in [5, 5.41) is 17.9. The summed E-state index contributed by atoms with van der Waals surface area (Å²) < 4.78 is 42.2. The molecule has 1 aromatic heterocycles. The molecular weight excluding hydrogens is 487 g/mol. The summed E-state index contributed by atoms with van der Waals surface area (Å²) in [7, 11) is 0. The van der Waals surface area contributed by atoms with Gasteiger partial charge in [-0.05, 0) is 37.1 Å². The molecule has 8 nitrogen and oxygen atoms in total. The van der Waals surface area contributed by atoms with E-state index in [2.05, 4.69) is 25.3 Å². The average Bonchev–Trinajstić information content (AvgIpc) is 2.78. The molecule has 3 aromatic rings. The van der Waals surface area contributed by atoms with Gasteiger partial charge in [0.1, 0.15) is 17.3 Å². The van der Waals surface area contributed by atoms with Gasteiger partial charge in [-0.25, -0.2) is 4.98 Å². The molecule has 12 heteroatoms. The van der Waals surface area contributed by atoms with Gasteiger partial charge in [-0.15, -0.1) is 13.2 Å². The fourth-order valence-electron chi connectivity index (χ4n) is 3.91. The molecule has 1 fully saturated rings. The smallest absolute Gasteiger partial charge is 0.406 e. The monoisotopic (exact) mass is 507 g/mol. The first-order chi connectivity index (χ1) is 16.7. The third kappa shape index (κ3) is 6.72. The van der Waals surface area contributed by atoms with Gasteiger partial charge in [0.2, 0.25) is 5.95 Å². The summed E-state index contributed by atoms with van der Waals surface area (Å²) in [4.78, 5) is 19.9. The van der Waals surface area contributed by atoms with Crippen LogP contribution >= 0.6 is 11.6 Å². The molecule has 2 aromatic carbocycles. The quantitative estimate of drug-likeness (QED) is 0.260. The van der Waals surface area contributed by atoms with Crippen molar-refractivity contribution >= 4 is 34.7 Å². The van der Waals surface area contributed by atoms with Crippen LogP contribution in [0.25, 0.3) is 11.3 Å². The Balaban J connectivity index is 1.72. The van der Waals surface area contributed by atoms with Gasteiger partial charge in [-0.3, -0.25) is 10.1 Å². The molecule has 0 spiro atoms. The highest BCUT2D eigenvalue weighted by atomic mass is 35.5. The van der Waals surface area contributed by atoms with E-state index < -0.39 is 17.0 Å². The van der Waals surface area contributed by atoms with Crippen LogP contribution in [-0.2, 0) is 0 Å². The predicted octanol–water partition coefficient (Wildman–Crippen LogP) is 7.09. The Morgan fingerprint density at radius 1 is 1.06 bits per heavy atom. The second-order valence-electron chi connectivity index (χ2n) is 8.06. The molecule has 0 unspecified atom stereocenters. The van der Waals surface area contributed by atoms with Crippen molar-refractivity contribution in [3.8, 4) is 17.0 Å². The molecule has 1 aliphatic carbocycles. The minimum Gasteiger partial charge on any atom is -0.406 e. The fraction of sp³-hybridized carbons (Fsp3) is 0.304. The van der Waals surface area contributed by atoms with Crippen molar-refractivity contribution in [2.45, 2.75) is 44.5 Å². The molecule has 0 amide bonds. The molecule has 0 radical (unpaired) electrons. The number of nitrogens with one attached hydrogen (secondary N) is 2. The zero-order chi connectivity index (χ0) is 25.0. The zero-order valence-corrected chi connectivity index (χ0v) is 19.1. The van der Waals surface area contributed by atoms with E-state index in [-0.39, 0.29) is 34.2 Å². The maximum absolute atomic E-state index is 12.7. The van der Waals surface area contributed by atoms with E-state index in [1.807, 2.05) is 0 Å². The number of nitro benzene ring substituents is 1. The topological polar surface area (TPSA) is 102 Å². The number of hydrogen-bond acceptors (Lipinski definition) is 7. The summed E-state index contributed by atoms with van der Waals surface area (Å²) in [6, 6.07) is 11.1. The van der Waals surface area contributed by atoms with Crippen LogP contribution in [0.4, 0.5) is 36.3 Å². The van der Waals surface area contributed by atoms with E-state index in [9.17, 15) is 23.3 Å². The number of alkyl halides is 3. The lowest BCUT2D eigenvalue weighted by Crippen LogP contribution is -2.23. The largest absolute Gasteiger partial charge is 0.573 e. The maximum atomic E-state index is 12.7. The Labute approximate surface area is 203 Å². The van der Waals surface area contributed by atoms with E-state index in [0.29, 0.717) is 11.3 Å². The van der Waals surface area contributed by atoms with Gasteiger partial charge >= 0.3 is 6.36 Å². The van der Waals surface area contributed by atoms with Gasteiger partial charge in [-0.2, -0.15) is 4.98 Å². The number of benzene rings is 2. The van der Waals surface area contributed by atoms with Crippen LogP contribution in [0.5, 0.6) is 5.75 Å². The summed E-state index contributed by atoms with van der Waals surface area (Å²) in [5.74, 6) is 0.0694. The van der Waals surface area contributed by atoms with Crippen LogP contribution in [0.2, 0.25) is 5.02 Å². The Bertz CT molecular complexity index is 1220. The normalized spacial score (nSPS) is 14.4. The zero-order valence-electron chi connectivity index (χ0n) is 18.3. The fourth-order valence-corrected chi connectivity index (χ4v) is 4.08. The number of anilines is 3. The number of hydrogen-bond donors (Lipinski definition) is 2. The van der Waals surface area contributed by atoms with Crippen molar-refractivity contribution in [1.29, 1.82) is 0 Å². The first kappa shape index (κ1) is 24.5. The highest BCUT2D eigenvalue weighted by molar-refractivity contribution is 6.31. The molecule has 1 aliphatic rings.